The van der Waals surface area contributed by atoms with Gasteiger partial charge >= 0.3 is 0 Å². The highest BCUT2D eigenvalue weighted by atomic mass is 32.2. The van der Waals surface area contributed by atoms with Crippen molar-refractivity contribution in [3.05, 3.63) is 48.0 Å². The highest BCUT2D eigenvalue weighted by Gasteiger charge is 2.16. The van der Waals surface area contributed by atoms with Crippen LogP contribution >= 0.6 is 23.1 Å². The van der Waals surface area contributed by atoms with Crippen molar-refractivity contribution in [2.75, 3.05) is 24.3 Å². The molecular weight excluding hydrogens is 420 g/mol. The average Bonchev–Trinajstić information content (AvgIpc) is 3.17. The number of hydrogen-bond acceptors (Lipinski definition) is 8. The van der Waals surface area contributed by atoms with E-state index in [0.29, 0.717) is 46.0 Å². The minimum Gasteiger partial charge on any atom is -0.486 e. The zero-order chi connectivity index (χ0) is 20.5. The van der Waals surface area contributed by atoms with Gasteiger partial charge in [0.25, 0.3) is 0 Å². The van der Waals surface area contributed by atoms with Crippen LogP contribution in [0.1, 0.15) is 5.56 Å². The van der Waals surface area contributed by atoms with Crippen molar-refractivity contribution in [2.45, 2.75) is 5.03 Å². The van der Waals surface area contributed by atoms with Gasteiger partial charge in [0.2, 0.25) is 5.91 Å². The quantitative estimate of drug-likeness (QED) is 0.480. The van der Waals surface area contributed by atoms with Crippen LogP contribution in [-0.2, 0) is 4.79 Å². The molecule has 0 saturated carbocycles. The standard InChI is InChI=1S/C21H14N4O3S2/c22-10-13-7-12-8-16-17(28-6-5-27-16)9-15(12)23-20(13)29-11-19(26)25-21-24-14-3-1-2-4-18(14)30-21/h1-4,7-9H,5-6,11H2,(H,24,25,26). The first-order valence-corrected chi connectivity index (χ1v) is 10.9. The van der Waals surface area contributed by atoms with Crippen LogP contribution in [-0.4, -0.2) is 34.8 Å². The van der Waals surface area contributed by atoms with E-state index in [1.165, 1.54) is 23.1 Å². The van der Waals surface area contributed by atoms with Crippen molar-refractivity contribution in [3.63, 3.8) is 0 Å². The van der Waals surface area contributed by atoms with Crippen molar-refractivity contribution < 1.29 is 14.3 Å². The number of ether oxygens (including phenoxy) is 2. The zero-order valence-corrected chi connectivity index (χ0v) is 17.2. The van der Waals surface area contributed by atoms with Gasteiger partial charge in [-0.2, -0.15) is 5.26 Å². The minimum absolute atomic E-state index is 0.119. The van der Waals surface area contributed by atoms with Crippen LogP contribution in [0.4, 0.5) is 5.13 Å². The van der Waals surface area contributed by atoms with Crippen LogP contribution in [0.25, 0.3) is 21.1 Å². The molecule has 0 spiro atoms. The Hall–Kier alpha value is -3.35. The van der Waals surface area contributed by atoms with Crippen LogP contribution in [0.3, 0.4) is 0 Å². The number of carbonyl (C=O) groups excluding carboxylic acids is 1. The largest absolute Gasteiger partial charge is 0.486 e. The molecule has 2 aromatic carbocycles. The molecular formula is C21H14N4O3S2. The van der Waals surface area contributed by atoms with Gasteiger partial charge in [0, 0.05) is 11.5 Å². The lowest BCUT2D eigenvalue weighted by atomic mass is 10.1. The zero-order valence-electron chi connectivity index (χ0n) is 15.5. The molecule has 5 rings (SSSR count). The van der Waals surface area contributed by atoms with Gasteiger partial charge in [0.1, 0.15) is 24.3 Å². The van der Waals surface area contributed by atoms with Crippen molar-refractivity contribution in [1.29, 1.82) is 5.26 Å². The Morgan fingerprint density at radius 1 is 1.13 bits per heavy atom. The molecule has 2 aromatic heterocycles. The fraction of sp³-hybridized carbons (Fsp3) is 0.143. The fourth-order valence-electron chi connectivity index (χ4n) is 3.10. The highest BCUT2D eigenvalue weighted by molar-refractivity contribution is 8.00. The number of nitrogens with one attached hydrogen (secondary N) is 1. The molecule has 0 saturated heterocycles. The fourth-order valence-corrected chi connectivity index (χ4v) is 4.74. The number of thiazole rings is 1. The summed E-state index contributed by atoms with van der Waals surface area (Å²) in [5, 5.41) is 14.2. The Morgan fingerprint density at radius 2 is 1.93 bits per heavy atom. The maximum Gasteiger partial charge on any atom is 0.236 e. The molecule has 0 bridgehead atoms. The molecule has 3 heterocycles. The molecule has 1 amide bonds. The van der Waals surface area contributed by atoms with Crippen LogP contribution in [0.2, 0.25) is 0 Å². The summed E-state index contributed by atoms with van der Waals surface area (Å²) < 4.78 is 12.2. The van der Waals surface area contributed by atoms with Crippen LogP contribution in [0.5, 0.6) is 11.5 Å². The number of nitriles is 1. The van der Waals surface area contributed by atoms with Gasteiger partial charge in [-0.15, -0.1) is 0 Å². The lowest BCUT2D eigenvalue weighted by Gasteiger charge is -2.18. The summed E-state index contributed by atoms with van der Waals surface area (Å²) in [6.07, 6.45) is 0. The Labute approximate surface area is 179 Å². The van der Waals surface area contributed by atoms with E-state index < -0.39 is 0 Å². The molecule has 1 aliphatic heterocycles. The van der Waals surface area contributed by atoms with Crippen molar-refractivity contribution in [3.8, 4) is 17.6 Å². The number of pyridine rings is 1. The van der Waals surface area contributed by atoms with E-state index in [1.54, 1.807) is 12.1 Å². The van der Waals surface area contributed by atoms with Crippen LogP contribution < -0.4 is 14.8 Å². The van der Waals surface area contributed by atoms with E-state index in [9.17, 15) is 10.1 Å². The van der Waals surface area contributed by atoms with E-state index in [0.717, 1.165) is 15.6 Å². The molecule has 0 unspecified atom stereocenters. The topological polar surface area (TPSA) is 97.1 Å². The molecule has 30 heavy (non-hydrogen) atoms. The molecule has 9 heteroatoms. The molecule has 7 nitrogen and oxygen atoms in total. The van der Waals surface area contributed by atoms with Crippen LogP contribution in [0, 0.1) is 11.3 Å². The lowest BCUT2D eigenvalue weighted by Crippen LogP contribution is -2.15. The molecule has 0 atom stereocenters. The van der Waals surface area contributed by atoms with Gasteiger partial charge in [-0.3, -0.25) is 4.79 Å². The lowest BCUT2D eigenvalue weighted by molar-refractivity contribution is -0.113. The highest BCUT2D eigenvalue weighted by Crippen LogP contribution is 2.35. The van der Waals surface area contributed by atoms with Gasteiger partial charge in [0.15, 0.2) is 16.6 Å². The minimum atomic E-state index is -0.202. The summed E-state index contributed by atoms with van der Waals surface area (Å²) in [7, 11) is 0. The summed E-state index contributed by atoms with van der Waals surface area (Å²) in [5.74, 6) is 1.20. The Kier molecular flexibility index (Phi) is 4.86. The molecule has 1 N–H and O–H groups in total. The summed E-state index contributed by atoms with van der Waals surface area (Å²) >= 11 is 2.64. The summed E-state index contributed by atoms with van der Waals surface area (Å²) in [4.78, 5) is 21.4. The van der Waals surface area contributed by atoms with Crippen molar-refractivity contribution in [2.24, 2.45) is 0 Å². The monoisotopic (exact) mass is 434 g/mol. The molecule has 0 radical (unpaired) electrons. The van der Waals surface area contributed by atoms with Gasteiger partial charge in [-0.25, -0.2) is 9.97 Å². The predicted octanol–water partition coefficient (Wildman–Crippen LogP) is 4.22. The van der Waals surface area contributed by atoms with Gasteiger partial charge < -0.3 is 14.8 Å². The van der Waals surface area contributed by atoms with E-state index in [1.807, 2.05) is 30.3 Å². The first kappa shape index (κ1) is 18.7. The van der Waals surface area contributed by atoms with E-state index in [4.69, 9.17) is 9.47 Å². The predicted molar refractivity (Wildman–Crippen MR) is 116 cm³/mol. The average molecular weight is 435 g/mol. The number of nitrogens with zero attached hydrogens (tertiary/aromatic N) is 3. The Balaban J connectivity index is 1.34. The number of amides is 1. The number of aromatic nitrogens is 2. The molecule has 0 aliphatic carbocycles. The summed E-state index contributed by atoms with van der Waals surface area (Å²) in [5.41, 5.74) is 1.95. The van der Waals surface area contributed by atoms with Gasteiger partial charge in [0.05, 0.1) is 27.0 Å². The first-order valence-electron chi connectivity index (χ1n) is 9.12. The second-order valence-corrected chi connectivity index (χ2v) is 8.46. The molecule has 148 valence electrons. The normalized spacial score (nSPS) is 12.6. The molecule has 4 aromatic rings. The Bertz CT molecular complexity index is 1300. The second kappa shape index (κ2) is 7.82. The van der Waals surface area contributed by atoms with E-state index >= 15 is 0 Å². The first-order chi connectivity index (χ1) is 14.7. The van der Waals surface area contributed by atoms with Crippen LogP contribution in [0.15, 0.2) is 47.5 Å². The molecule has 0 fully saturated rings. The third kappa shape index (κ3) is 3.63. The number of anilines is 1. The van der Waals surface area contributed by atoms with E-state index in [-0.39, 0.29) is 11.7 Å². The number of carbonyl (C=O) groups is 1. The third-order valence-corrected chi connectivity index (χ3v) is 6.39. The number of fused-ring (bicyclic) bond motifs is 3. The smallest absolute Gasteiger partial charge is 0.236 e. The van der Waals surface area contributed by atoms with Crippen molar-refractivity contribution in [1.82, 2.24) is 9.97 Å². The maximum atomic E-state index is 12.4. The number of hydrogen-bond donors (Lipinski definition) is 1. The SMILES string of the molecule is N#Cc1cc2cc3c(cc2nc1SCC(=O)Nc1nc2ccccc2s1)OCCO3. The third-order valence-electron chi connectivity index (χ3n) is 4.44. The summed E-state index contributed by atoms with van der Waals surface area (Å²) in [6, 6.07) is 15.3. The molecule has 1 aliphatic rings. The number of para-hydroxylation sites is 1. The number of rotatable bonds is 4. The Morgan fingerprint density at radius 3 is 2.73 bits per heavy atom. The van der Waals surface area contributed by atoms with Crippen molar-refractivity contribution >= 4 is 55.3 Å². The number of thioether (sulfide) groups is 1. The summed E-state index contributed by atoms with van der Waals surface area (Å²) in [6.45, 7) is 0.983. The van der Waals surface area contributed by atoms with Gasteiger partial charge in [-0.1, -0.05) is 35.2 Å². The van der Waals surface area contributed by atoms with Gasteiger partial charge in [-0.05, 0) is 24.3 Å². The maximum absolute atomic E-state index is 12.4. The number of benzene rings is 2. The second-order valence-electron chi connectivity index (χ2n) is 6.47. The van der Waals surface area contributed by atoms with E-state index in [2.05, 4.69) is 21.4 Å².